The zero-order chi connectivity index (χ0) is 9.68. The van der Waals surface area contributed by atoms with Gasteiger partial charge < -0.3 is 5.73 Å². The fraction of sp³-hybridized carbons (Fsp3) is 0.778. The van der Waals surface area contributed by atoms with Gasteiger partial charge in [-0.25, -0.2) is 4.98 Å². The van der Waals surface area contributed by atoms with Crippen molar-refractivity contribution in [3.05, 3.63) is 11.6 Å². The summed E-state index contributed by atoms with van der Waals surface area (Å²) in [7, 11) is 0. The van der Waals surface area contributed by atoms with Crippen LogP contribution in [-0.2, 0) is 6.42 Å². The minimum Gasteiger partial charge on any atom is -0.330 e. The number of rotatable bonds is 5. The number of nitrogens with two attached hydrogens (primary N) is 1. The van der Waals surface area contributed by atoms with Crippen molar-refractivity contribution in [2.75, 3.05) is 6.54 Å². The third-order valence-corrected chi connectivity index (χ3v) is 2.28. The van der Waals surface area contributed by atoms with E-state index in [2.05, 4.69) is 29.0 Å². The van der Waals surface area contributed by atoms with Crippen LogP contribution in [-0.4, -0.2) is 21.7 Å². The van der Waals surface area contributed by atoms with Crippen molar-refractivity contribution in [2.24, 2.45) is 5.73 Å². The summed E-state index contributed by atoms with van der Waals surface area (Å²) in [5.41, 5.74) is 5.42. The second kappa shape index (κ2) is 4.97. The van der Waals surface area contributed by atoms with Crippen molar-refractivity contribution in [2.45, 2.75) is 39.0 Å². The zero-order valence-corrected chi connectivity index (χ0v) is 8.38. The summed E-state index contributed by atoms with van der Waals surface area (Å²) in [5.74, 6) is 2.33. The lowest BCUT2D eigenvalue weighted by atomic mass is 10.0. The Kier molecular flexibility index (Phi) is 3.89. The second-order valence-electron chi connectivity index (χ2n) is 3.19. The standard InChI is InChI=1S/C9H18N4/c1-3-7(4-2)9-11-8(5-6-10)12-13-9/h7H,3-6,10H2,1-2H3,(H,11,12,13). The van der Waals surface area contributed by atoms with Gasteiger partial charge in [-0.1, -0.05) is 13.8 Å². The van der Waals surface area contributed by atoms with Gasteiger partial charge in [0.1, 0.15) is 5.82 Å². The van der Waals surface area contributed by atoms with Gasteiger partial charge in [-0.3, -0.25) is 5.10 Å². The van der Waals surface area contributed by atoms with Crippen molar-refractivity contribution in [3.63, 3.8) is 0 Å². The fourth-order valence-corrected chi connectivity index (χ4v) is 1.39. The molecule has 74 valence electrons. The predicted octanol–water partition coefficient (Wildman–Crippen LogP) is 1.21. The van der Waals surface area contributed by atoms with E-state index >= 15 is 0 Å². The molecule has 0 aromatic carbocycles. The summed E-state index contributed by atoms with van der Waals surface area (Å²) in [5, 5.41) is 7.10. The van der Waals surface area contributed by atoms with Crippen LogP contribution in [0.4, 0.5) is 0 Å². The topological polar surface area (TPSA) is 67.6 Å². The predicted molar refractivity (Wildman–Crippen MR) is 52.5 cm³/mol. The van der Waals surface area contributed by atoms with Crippen LogP contribution >= 0.6 is 0 Å². The SMILES string of the molecule is CCC(CC)c1n[nH]c(CCN)n1. The van der Waals surface area contributed by atoms with E-state index in [1.165, 1.54) is 0 Å². The van der Waals surface area contributed by atoms with Crippen LogP contribution in [0.1, 0.15) is 44.3 Å². The number of nitrogens with one attached hydrogen (secondary N) is 1. The Hall–Kier alpha value is -0.900. The van der Waals surface area contributed by atoms with Gasteiger partial charge in [-0.15, -0.1) is 0 Å². The minimum atomic E-state index is 0.489. The first-order valence-corrected chi connectivity index (χ1v) is 4.93. The molecule has 0 bridgehead atoms. The van der Waals surface area contributed by atoms with Crippen LogP contribution in [0.15, 0.2) is 0 Å². The Bertz CT molecular complexity index is 240. The molecule has 0 aliphatic rings. The van der Waals surface area contributed by atoms with E-state index in [0.717, 1.165) is 30.9 Å². The Morgan fingerprint density at radius 1 is 1.38 bits per heavy atom. The molecule has 1 heterocycles. The van der Waals surface area contributed by atoms with Gasteiger partial charge in [0.15, 0.2) is 5.82 Å². The van der Waals surface area contributed by atoms with Crippen LogP contribution in [0.2, 0.25) is 0 Å². The highest BCUT2D eigenvalue weighted by atomic mass is 15.2. The van der Waals surface area contributed by atoms with Gasteiger partial charge in [0.05, 0.1) is 0 Å². The van der Waals surface area contributed by atoms with E-state index in [1.807, 2.05) is 0 Å². The minimum absolute atomic E-state index is 0.489. The molecular formula is C9H18N4. The summed E-state index contributed by atoms with van der Waals surface area (Å²) in [4.78, 5) is 4.40. The molecule has 0 aliphatic heterocycles. The number of H-pyrrole nitrogens is 1. The van der Waals surface area contributed by atoms with Crippen LogP contribution < -0.4 is 5.73 Å². The third-order valence-electron chi connectivity index (χ3n) is 2.28. The molecular weight excluding hydrogens is 164 g/mol. The normalized spacial score (nSPS) is 11.1. The molecule has 4 heteroatoms. The number of aromatic nitrogens is 3. The summed E-state index contributed by atoms with van der Waals surface area (Å²) in [6, 6.07) is 0. The Balaban J connectivity index is 2.66. The molecule has 0 fully saturated rings. The van der Waals surface area contributed by atoms with Gasteiger partial charge >= 0.3 is 0 Å². The van der Waals surface area contributed by atoms with Crippen LogP contribution in [0.25, 0.3) is 0 Å². The number of hydrogen-bond acceptors (Lipinski definition) is 3. The van der Waals surface area contributed by atoms with Crippen molar-refractivity contribution in [3.8, 4) is 0 Å². The van der Waals surface area contributed by atoms with E-state index in [4.69, 9.17) is 5.73 Å². The summed E-state index contributed by atoms with van der Waals surface area (Å²) in [6.07, 6.45) is 2.97. The van der Waals surface area contributed by atoms with Gasteiger partial charge in [0, 0.05) is 12.3 Å². The molecule has 1 rings (SSSR count). The van der Waals surface area contributed by atoms with Gasteiger partial charge in [0.25, 0.3) is 0 Å². The molecule has 1 aromatic heterocycles. The maximum absolute atomic E-state index is 5.42. The maximum atomic E-state index is 5.42. The van der Waals surface area contributed by atoms with E-state index < -0.39 is 0 Å². The lowest BCUT2D eigenvalue weighted by molar-refractivity contribution is 0.604. The molecule has 0 amide bonds. The quantitative estimate of drug-likeness (QED) is 0.719. The summed E-state index contributed by atoms with van der Waals surface area (Å²) in [6.45, 7) is 4.94. The Labute approximate surface area is 78.9 Å². The van der Waals surface area contributed by atoms with E-state index in [-0.39, 0.29) is 0 Å². The first-order valence-electron chi connectivity index (χ1n) is 4.93. The second-order valence-corrected chi connectivity index (χ2v) is 3.19. The lowest BCUT2D eigenvalue weighted by Gasteiger charge is -2.05. The molecule has 0 saturated heterocycles. The molecule has 0 radical (unpaired) electrons. The highest BCUT2D eigenvalue weighted by molar-refractivity contribution is 4.97. The van der Waals surface area contributed by atoms with E-state index in [9.17, 15) is 0 Å². The van der Waals surface area contributed by atoms with Crippen LogP contribution in [0.3, 0.4) is 0 Å². The Morgan fingerprint density at radius 3 is 2.62 bits per heavy atom. The molecule has 0 saturated carbocycles. The molecule has 0 unspecified atom stereocenters. The van der Waals surface area contributed by atoms with Crippen LogP contribution in [0, 0.1) is 0 Å². The largest absolute Gasteiger partial charge is 0.330 e. The van der Waals surface area contributed by atoms with Gasteiger partial charge in [0.2, 0.25) is 0 Å². The van der Waals surface area contributed by atoms with Gasteiger partial charge in [-0.2, -0.15) is 5.10 Å². The number of aromatic amines is 1. The first kappa shape index (κ1) is 10.2. The average Bonchev–Trinajstić information content (AvgIpc) is 2.56. The molecule has 0 aliphatic carbocycles. The monoisotopic (exact) mass is 182 g/mol. The smallest absolute Gasteiger partial charge is 0.153 e. The van der Waals surface area contributed by atoms with Crippen molar-refractivity contribution in [1.29, 1.82) is 0 Å². The molecule has 0 atom stereocenters. The van der Waals surface area contributed by atoms with Crippen molar-refractivity contribution < 1.29 is 0 Å². The molecule has 1 aromatic rings. The average molecular weight is 182 g/mol. The fourth-order valence-electron chi connectivity index (χ4n) is 1.39. The highest BCUT2D eigenvalue weighted by Crippen LogP contribution is 2.18. The molecule has 13 heavy (non-hydrogen) atoms. The zero-order valence-electron chi connectivity index (χ0n) is 8.38. The maximum Gasteiger partial charge on any atom is 0.153 e. The summed E-state index contributed by atoms with van der Waals surface area (Å²) < 4.78 is 0. The third kappa shape index (κ3) is 2.52. The molecule has 4 nitrogen and oxygen atoms in total. The molecule has 3 N–H and O–H groups in total. The highest BCUT2D eigenvalue weighted by Gasteiger charge is 2.11. The first-order chi connectivity index (χ1) is 6.31. The number of nitrogens with zero attached hydrogens (tertiary/aromatic N) is 2. The Morgan fingerprint density at radius 2 is 2.08 bits per heavy atom. The van der Waals surface area contributed by atoms with Crippen molar-refractivity contribution in [1.82, 2.24) is 15.2 Å². The summed E-state index contributed by atoms with van der Waals surface area (Å²) >= 11 is 0. The number of hydrogen-bond donors (Lipinski definition) is 2. The van der Waals surface area contributed by atoms with E-state index in [1.54, 1.807) is 0 Å². The lowest BCUT2D eigenvalue weighted by Crippen LogP contribution is -2.04. The van der Waals surface area contributed by atoms with Crippen molar-refractivity contribution >= 4 is 0 Å². The van der Waals surface area contributed by atoms with Gasteiger partial charge in [-0.05, 0) is 19.4 Å². The molecule has 0 spiro atoms. The van der Waals surface area contributed by atoms with Crippen LogP contribution in [0.5, 0.6) is 0 Å². The van der Waals surface area contributed by atoms with E-state index in [0.29, 0.717) is 12.5 Å².